The van der Waals surface area contributed by atoms with Crippen molar-refractivity contribution in [1.29, 1.82) is 5.26 Å². The van der Waals surface area contributed by atoms with E-state index in [0.29, 0.717) is 18.7 Å². The predicted octanol–water partition coefficient (Wildman–Crippen LogP) is 4.50. The number of thioether (sulfide) groups is 1. The molecule has 37 heavy (non-hydrogen) atoms. The molecule has 3 heterocycles. The Labute approximate surface area is 220 Å². The molecule has 186 valence electrons. The predicted molar refractivity (Wildman–Crippen MR) is 145 cm³/mol. The zero-order chi connectivity index (χ0) is 25.4. The van der Waals surface area contributed by atoms with E-state index in [1.54, 1.807) is 18.9 Å². The van der Waals surface area contributed by atoms with Gasteiger partial charge in [0.25, 0.3) is 0 Å². The fraction of sp³-hybridized carbons (Fsp3) is 0.276. The van der Waals surface area contributed by atoms with Crippen molar-refractivity contribution in [2.24, 2.45) is 0 Å². The summed E-state index contributed by atoms with van der Waals surface area (Å²) in [5.41, 5.74) is 3.99. The van der Waals surface area contributed by atoms with E-state index in [2.05, 4.69) is 26.6 Å². The first-order chi connectivity index (χ1) is 18.1. The van der Waals surface area contributed by atoms with Crippen LogP contribution >= 0.6 is 11.8 Å². The van der Waals surface area contributed by atoms with Crippen LogP contribution in [-0.4, -0.2) is 59.4 Å². The highest BCUT2D eigenvalue weighted by Crippen LogP contribution is 2.38. The summed E-state index contributed by atoms with van der Waals surface area (Å²) in [6.07, 6.45) is 2.80. The van der Waals surface area contributed by atoms with Gasteiger partial charge in [-0.25, -0.2) is 4.98 Å². The van der Waals surface area contributed by atoms with Crippen LogP contribution in [0.15, 0.2) is 72.0 Å². The molecule has 0 radical (unpaired) electrons. The molecule has 0 bridgehead atoms. The smallest absolute Gasteiger partial charge is 0.241 e. The van der Waals surface area contributed by atoms with Crippen LogP contribution in [0, 0.1) is 11.3 Å². The van der Waals surface area contributed by atoms with Gasteiger partial charge < -0.3 is 14.2 Å². The highest BCUT2D eigenvalue weighted by atomic mass is 32.2. The van der Waals surface area contributed by atoms with Crippen LogP contribution in [0.4, 0.5) is 5.69 Å². The lowest BCUT2D eigenvalue weighted by Crippen LogP contribution is -2.51. The van der Waals surface area contributed by atoms with Crippen molar-refractivity contribution in [2.45, 2.75) is 17.6 Å². The van der Waals surface area contributed by atoms with Gasteiger partial charge in [-0.1, -0.05) is 42.1 Å². The number of benzene rings is 3. The summed E-state index contributed by atoms with van der Waals surface area (Å²) in [6.45, 7) is 2.68. The summed E-state index contributed by atoms with van der Waals surface area (Å²) in [7, 11) is 1.66. The number of nitriles is 1. The number of nitrogens with zero attached hydrogens (tertiary/aromatic N) is 5. The minimum absolute atomic E-state index is 0.117. The third kappa shape index (κ3) is 4.45. The van der Waals surface area contributed by atoms with Crippen molar-refractivity contribution in [3.8, 4) is 11.8 Å². The van der Waals surface area contributed by atoms with Gasteiger partial charge in [0.05, 0.1) is 37.0 Å². The highest BCUT2D eigenvalue weighted by Gasteiger charge is 2.29. The number of methoxy groups -OCH3 is 1. The number of ether oxygens (including phenoxy) is 1. The lowest BCUT2D eigenvalue weighted by Gasteiger charge is -2.35. The Balaban J connectivity index is 1.14. The first-order valence-corrected chi connectivity index (χ1v) is 13.4. The number of carbonyl (C=O) groups excluding carboxylic acids is 1. The lowest BCUT2D eigenvalue weighted by atomic mass is 10.1. The first-order valence-electron chi connectivity index (χ1n) is 12.4. The normalized spacial score (nSPS) is 17.7. The molecule has 0 unspecified atom stereocenters. The molecule has 7 nitrogen and oxygen atoms in total. The maximum atomic E-state index is 13.3. The van der Waals surface area contributed by atoms with E-state index in [0.717, 1.165) is 52.6 Å². The number of imidazole rings is 1. The van der Waals surface area contributed by atoms with Crippen molar-refractivity contribution < 1.29 is 9.53 Å². The van der Waals surface area contributed by atoms with Crippen LogP contribution < -0.4 is 9.64 Å². The van der Waals surface area contributed by atoms with Crippen molar-refractivity contribution in [3.05, 3.63) is 83.7 Å². The van der Waals surface area contributed by atoms with E-state index in [9.17, 15) is 4.79 Å². The number of piperazine rings is 1. The summed E-state index contributed by atoms with van der Waals surface area (Å²) in [4.78, 5) is 22.0. The van der Waals surface area contributed by atoms with Gasteiger partial charge >= 0.3 is 0 Å². The third-order valence-corrected chi connectivity index (χ3v) is 8.33. The molecule has 4 aromatic rings. The zero-order valence-electron chi connectivity index (χ0n) is 20.6. The van der Waals surface area contributed by atoms with Gasteiger partial charge in [-0.05, 0) is 41.3 Å². The molecular weight excluding hydrogens is 482 g/mol. The van der Waals surface area contributed by atoms with Crippen LogP contribution in [0.2, 0.25) is 0 Å². The monoisotopic (exact) mass is 509 g/mol. The molecular formula is C29H27N5O2S. The minimum atomic E-state index is 0.117. The Bertz CT molecular complexity index is 1510. The number of hydrogen-bond acceptors (Lipinski definition) is 6. The second-order valence-electron chi connectivity index (χ2n) is 9.40. The number of anilines is 1. The summed E-state index contributed by atoms with van der Waals surface area (Å²) in [5, 5.41) is 12.3. The molecule has 3 aromatic carbocycles. The fourth-order valence-electron chi connectivity index (χ4n) is 5.29. The number of carbonyl (C=O) groups is 1. The topological polar surface area (TPSA) is 74.4 Å². The molecule has 1 fully saturated rings. The molecule has 1 saturated heterocycles. The van der Waals surface area contributed by atoms with Crippen LogP contribution in [0.3, 0.4) is 0 Å². The van der Waals surface area contributed by atoms with Crippen molar-refractivity contribution in [1.82, 2.24) is 14.5 Å². The first kappa shape index (κ1) is 23.6. The maximum absolute atomic E-state index is 13.3. The molecule has 2 aliphatic heterocycles. The van der Waals surface area contributed by atoms with Gasteiger partial charge in [-0.2, -0.15) is 5.26 Å². The number of fused-ring (bicyclic) bond motifs is 2. The number of aromatic nitrogens is 2. The van der Waals surface area contributed by atoms with Crippen LogP contribution in [0.25, 0.3) is 10.8 Å². The Morgan fingerprint density at radius 3 is 2.78 bits per heavy atom. The maximum Gasteiger partial charge on any atom is 0.241 e. The van der Waals surface area contributed by atoms with E-state index >= 15 is 0 Å². The van der Waals surface area contributed by atoms with Gasteiger partial charge in [-0.3, -0.25) is 9.69 Å². The molecule has 2 aliphatic rings. The molecule has 0 spiro atoms. The molecule has 0 N–H and O–H groups in total. The average Bonchev–Trinajstić information content (AvgIpc) is 3.54. The van der Waals surface area contributed by atoms with Gasteiger partial charge in [0.15, 0.2) is 5.16 Å². The van der Waals surface area contributed by atoms with Crippen LogP contribution in [0.5, 0.6) is 5.75 Å². The standard InChI is InChI=1S/C29H27N5O2S/c1-36-24-10-9-21-3-2-4-26(25(21)15-24)33-14-13-32(18-28(33)35)12-11-23-17-31-29-34(23)27(19-37-29)22-7-5-20(16-30)6-8-22/h2-10,15,17,27H,11-14,18-19H2,1H3/t27-/m1/s1. The third-order valence-electron chi connectivity index (χ3n) is 7.29. The van der Waals surface area contributed by atoms with Gasteiger partial charge in [0, 0.05) is 49.1 Å². The van der Waals surface area contributed by atoms with E-state index in [1.165, 1.54) is 11.3 Å². The van der Waals surface area contributed by atoms with Crippen LogP contribution in [-0.2, 0) is 11.2 Å². The van der Waals surface area contributed by atoms with E-state index in [1.807, 2.05) is 65.7 Å². The van der Waals surface area contributed by atoms with Gasteiger partial charge in [0.2, 0.25) is 5.91 Å². The van der Waals surface area contributed by atoms with Gasteiger partial charge in [0.1, 0.15) is 5.75 Å². The number of amides is 1. The van der Waals surface area contributed by atoms with Crippen LogP contribution in [0.1, 0.15) is 22.9 Å². The summed E-state index contributed by atoms with van der Waals surface area (Å²) in [6, 6.07) is 22.3. The molecule has 1 atom stereocenters. The van der Waals surface area contributed by atoms with Crippen molar-refractivity contribution >= 4 is 34.1 Å². The SMILES string of the molecule is COc1ccc2cccc(N3CCN(CCc4cnc5n4[C@@H](c4ccc(C#N)cc4)CS5)CC3=O)c2c1. The fourth-order valence-corrected chi connectivity index (χ4v) is 6.45. The Morgan fingerprint density at radius 2 is 2.00 bits per heavy atom. The zero-order valence-corrected chi connectivity index (χ0v) is 21.4. The van der Waals surface area contributed by atoms with Gasteiger partial charge in [-0.15, -0.1) is 0 Å². The molecule has 0 saturated carbocycles. The summed E-state index contributed by atoms with van der Waals surface area (Å²) in [5.74, 6) is 1.85. The molecule has 6 rings (SSSR count). The van der Waals surface area contributed by atoms with Crippen molar-refractivity contribution in [3.63, 3.8) is 0 Å². The van der Waals surface area contributed by atoms with E-state index in [-0.39, 0.29) is 11.9 Å². The molecule has 0 aliphatic carbocycles. The summed E-state index contributed by atoms with van der Waals surface area (Å²) >= 11 is 1.77. The minimum Gasteiger partial charge on any atom is -0.497 e. The van der Waals surface area contributed by atoms with Crippen molar-refractivity contribution in [2.75, 3.05) is 43.9 Å². The second kappa shape index (κ2) is 9.92. The summed E-state index contributed by atoms with van der Waals surface area (Å²) < 4.78 is 7.75. The number of hydrogen-bond donors (Lipinski definition) is 0. The quantitative estimate of drug-likeness (QED) is 0.381. The Kier molecular flexibility index (Phi) is 6.33. The Morgan fingerprint density at radius 1 is 1.14 bits per heavy atom. The highest BCUT2D eigenvalue weighted by molar-refractivity contribution is 7.99. The number of rotatable bonds is 6. The average molecular weight is 510 g/mol. The Hall–Kier alpha value is -3.80. The van der Waals surface area contributed by atoms with E-state index in [4.69, 9.17) is 10.00 Å². The molecule has 8 heteroatoms. The molecule has 1 aromatic heterocycles. The van der Waals surface area contributed by atoms with E-state index < -0.39 is 0 Å². The largest absolute Gasteiger partial charge is 0.497 e. The second-order valence-corrected chi connectivity index (χ2v) is 10.4. The lowest BCUT2D eigenvalue weighted by molar-refractivity contribution is -0.121. The molecule has 1 amide bonds.